The summed E-state index contributed by atoms with van der Waals surface area (Å²) in [5.74, 6) is -3.44. The minimum atomic E-state index is -1.23. The second-order valence-corrected chi connectivity index (χ2v) is 5.98. The Hall–Kier alpha value is -3.27. The molecule has 0 bridgehead atoms. The van der Waals surface area contributed by atoms with Crippen molar-refractivity contribution in [1.82, 2.24) is 10.2 Å². The van der Waals surface area contributed by atoms with Crippen LogP contribution in [-0.2, 0) is 11.3 Å². The zero-order chi connectivity index (χ0) is 18.7. The summed E-state index contributed by atoms with van der Waals surface area (Å²) >= 11 is 0. The number of carbonyl (C=O) groups excluding carboxylic acids is 2. The molecule has 0 aromatic heterocycles. The summed E-state index contributed by atoms with van der Waals surface area (Å²) < 4.78 is 26.9. The number of likely N-dealkylation sites (tertiary alicyclic amines) is 1. The Morgan fingerprint density at radius 3 is 2.65 bits per heavy atom. The fraction of sp³-hybridized carbons (Fsp3) is 0.211. The fourth-order valence-corrected chi connectivity index (χ4v) is 2.85. The van der Waals surface area contributed by atoms with Crippen LogP contribution in [0.2, 0.25) is 0 Å². The molecule has 1 N–H and O–H groups in total. The number of nitrogens with one attached hydrogen (secondary N) is 1. The maximum atomic E-state index is 13.7. The van der Waals surface area contributed by atoms with Crippen molar-refractivity contribution in [1.29, 1.82) is 5.26 Å². The van der Waals surface area contributed by atoms with E-state index in [1.165, 1.54) is 12.1 Å². The first-order valence-corrected chi connectivity index (χ1v) is 8.02. The molecule has 1 unspecified atom stereocenters. The first kappa shape index (κ1) is 17.5. The molecule has 2 aromatic rings. The number of rotatable bonds is 4. The van der Waals surface area contributed by atoms with Crippen molar-refractivity contribution in [3.8, 4) is 6.07 Å². The molecule has 2 amide bonds. The maximum Gasteiger partial charge on any atom is 0.255 e. The van der Waals surface area contributed by atoms with E-state index in [0.717, 1.165) is 11.6 Å². The van der Waals surface area contributed by atoms with Crippen LogP contribution in [0, 0.1) is 23.0 Å². The Labute approximate surface area is 148 Å². The van der Waals surface area contributed by atoms with E-state index in [1.807, 2.05) is 6.07 Å². The average molecular weight is 355 g/mol. The molecule has 1 fully saturated rings. The van der Waals surface area contributed by atoms with Crippen LogP contribution < -0.4 is 5.32 Å². The second kappa shape index (κ2) is 7.31. The minimum Gasteiger partial charge on any atom is -0.340 e. The van der Waals surface area contributed by atoms with Gasteiger partial charge in [0.1, 0.15) is 6.04 Å². The molecule has 5 nitrogen and oxygen atoms in total. The molecule has 0 radical (unpaired) electrons. The number of hydrogen-bond donors (Lipinski definition) is 1. The van der Waals surface area contributed by atoms with Gasteiger partial charge >= 0.3 is 0 Å². The number of nitriles is 1. The number of nitrogens with zero attached hydrogens (tertiary/aromatic N) is 2. The average Bonchev–Trinajstić information content (AvgIpc) is 2.98. The minimum absolute atomic E-state index is 0.278. The molecule has 0 aliphatic carbocycles. The largest absolute Gasteiger partial charge is 0.340 e. The molecule has 2 aromatic carbocycles. The van der Waals surface area contributed by atoms with Gasteiger partial charge in [-0.1, -0.05) is 18.2 Å². The number of carbonyl (C=O) groups is 2. The molecule has 132 valence electrons. The lowest BCUT2D eigenvalue weighted by molar-refractivity contribution is -0.129. The van der Waals surface area contributed by atoms with Gasteiger partial charge in [-0.25, -0.2) is 8.78 Å². The summed E-state index contributed by atoms with van der Waals surface area (Å²) in [4.78, 5) is 26.2. The van der Waals surface area contributed by atoms with E-state index in [4.69, 9.17) is 5.26 Å². The van der Waals surface area contributed by atoms with Crippen LogP contribution in [0.15, 0.2) is 42.5 Å². The number of halogens is 2. The van der Waals surface area contributed by atoms with Gasteiger partial charge in [-0.2, -0.15) is 5.26 Å². The molecule has 26 heavy (non-hydrogen) atoms. The lowest BCUT2D eigenvalue weighted by Crippen LogP contribution is -2.41. The van der Waals surface area contributed by atoms with Gasteiger partial charge in [0.15, 0.2) is 11.6 Å². The van der Waals surface area contributed by atoms with Gasteiger partial charge in [0.05, 0.1) is 17.2 Å². The molecule has 1 heterocycles. The van der Waals surface area contributed by atoms with E-state index in [9.17, 15) is 18.4 Å². The van der Waals surface area contributed by atoms with Crippen molar-refractivity contribution in [2.75, 3.05) is 6.54 Å². The first-order chi connectivity index (χ1) is 12.5. The van der Waals surface area contributed by atoms with Gasteiger partial charge in [0.25, 0.3) is 5.91 Å². The van der Waals surface area contributed by atoms with Crippen LogP contribution >= 0.6 is 0 Å². The summed E-state index contributed by atoms with van der Waals surface area (Å²) in [6.07, 6.45) is 0.387. The summed E-state index contributed by atoms with van der Waals surface area (Å²) in [5, 5.41) is 11.3. The van der Waals surface area contributed by atoms with Gasteiger partial charge in [-0.3, -0.25) is 9.59 Å². The molecule has 3 rings (SSSR count). The van der Waals surface area contributed by atoms with Crippen molar-refractivity contribution in [2.24, 2.45) is 0 Å². The molecule has 0 saturated carbocycles. The monoisotopic (exact) mass is 355 g/mol. The van der Waals surface area contributed by atoms with E-state index < -0.39 is 29.1 Å². The number of benzene rings is 2. The Bertz CT molecular complexity index is 891. The third-order valence-corrected chi connectivity index (χ3v) is 4.26. The second-order valence-electron chi connectivity index (χ2n) is 5.98. The van der Waals surface area contributed by atoms with E-state index in [1.54, 1.807) is 29.2 Å². The number of hydrogen-bond acceptors (Lipinski definition) is 3. The van der Waals surface area contributed by atoms with Gasteiger partial charge < -0.3 is 10.2 Å². The zero-order valence-electron chi connectivity index (χ0n) is 13.7. The number of amides is 2. The van der Waals surface area contributed by atoms with Gasteiger partial charge in [-0.15, -0.1) is 0 Å². The van der Waals surface area contributed by atoms with E-state index in [0.29, 0.717) is 25.1 Å². The van der Waals surface area contributed by atoms with Crippen LogP contribution in [0.5, 0.6) is 0 Å². The summed E-state index contributed by atoms with van der Waals surface area (Å²) in [6, 6.07) is 11.4. The lowest BCUT2D eigenvalue weighted by atomic mass is 10.1. The highest BCUT2D eigenvalue weighted by Gasteiger charge is 2.33. The molecule has 7 heteroatoms. The highest BCUT2D eigenvalue weighted by Crippen LogP contribution is 2.17. The Morgan fingerprint density at radius 1 is 1.23 bits per heavy atom. The van der Waals surface area contributed by atoms with Crippen molar-refractivity contribution in [2.45, 2.75) is 19.0 Å². The third-order valence-electron chi connectivity index (χ3n) is 4.26. The molecular formula is C19H15F2N3O2. The van der Waals surface area contributed by atoms with Crippen LogP contribution in [0.3, 0.4) is 0 Å². The van der Waals surface area contributed by atoms with Crippen molar-refractivity contribution < 1.29 is 18.4 Å². The topological polar surface area (TPSA) is 73.2 Å². The Morgan fingerprint density at radius 2 is 1.96 bits per heavy atom. The SMILES string of the molecule is N#Cc1ccc(CN2CCC(NC(=O)c3cccc(F)c3F)C2=O)cc1. The van der Waals surface area contributed by atoms with Crippen molar-refractivity contribution >= 4 is 11.8 Å². The third kappa shape index (κ3) is 3.54. The van der Waals surface area contributed by atoms with Crippen LogP contribution in [0.1, 0.15) is 27.9 Å². The maximum absolute atomic E-state index is 13.7. The van der Waals surface area contributed by atoms with Gasteiger partial charge in [-0.05, 0) is 36.2 Å². The lowest BCUT2D eigenvalue weighted by Gasteiger charge is -2.17. The highest BCUT2D eigenvalue weighted by molar-refractivity contribution is 5.98. The molecule has 1 aliphatic heterocycles. The predicted molar refractivity (Wildman–Crippen MR) is 88.8 cm³/mol. The molecule has 1 atom stereocenters. The van der Waals surface area contributed by atoms with E-state index in [-0.39, 0.29) is 5.91 Å². The highest BCUT2D eigenvalue weighted by atomic mass is 19.2. The molecule has 1 saturated heterocycles. The van der Waals surface area contributed by atoms with Crippen LogP contribution in [0.4, 0.5) is 8.78 Å². The zero-order valence-corrected chi connectivity index (χ0v) is 13.7. The van der Waals surface area contributed by atoms with E-state index in [2.05, 4.69) is 5.32 Å². The molecular weight excluding hydrogens is 340 g/mol. The smallest absolute Gasteiger partial charge is 0.255 e. The van der Waals surface area contributed by atoms with Gasteiger partial charge in [0.2, 0.25) is 5.91 Å². The van der Waals surface area contributed by atoms with Crippen molar-refractivity contribution in [3.05, 3.63) is 70.8 Å². The summed E-state index contributed by atoms with van der Waals surface area (Å²) in [6.45, 7) is 0.792. The van der Waals surface area contributed by atoms with E-state index >= 15 is 0 Å². The summed E-state index contributed by atoms with van der Waals surface area (Å²) in [7, 11) is 0. The van der Waals surface area contributed by atoms with Gasteiger partial charge in [0, 0.05) is 13.1 Å². The molecule has 1 aliphatic rings. The van der Waals surface area contributed by atoms with Crippen LogP contribution in [-0.4, -0.2) is 29.3 Å². The normalized spacial score (nSPS) is 16.4. The quantitative estimate of drug-likeness (QED) is 0.915. The summed E-state index contributed by atoms with van der Waals surface area (Å²) in [5.41, 5.74) is 0.965. The van der Waals surface area contributed by atoms with Crippen LogP contribution in [0.25, 0.3) is 0 Å². The standard InChI is InChI=1S/C19H15F2N3O2/c20-15-3-1-2-14(17(15)21)18(25)23-16-8-9-24(19(16)26)11-13-6-4-12(10-22)5-7-13/h1-7,16H,8-9,11H2,(H,23,25). The molecule has 0 spiro atoms. The first-order valence-electron chi connectivity index (χ1n) is 8.02. The Balaban J connectivity index is 1.64. The van der Waals surface area contributed by atoms with Crippen molar-refractivity contribution in [3.63, 3.8) is 0 Å². The predicted octanol–water partition coefficient (Wildman–Crippen LogP) is 2.37. The fourth-order valence-electron chi connectivity index (χ4n) is 2.85. The Kier molecular flexibility index (Phi) is 4.94.